The van der Waals surface area contributed by atoms with Gasteiger partial charge in [-0.1, -0.05) is 18.2 Å². The third kappa shape index (κ3) is 4.28. The van der Waals surface area contributed by atoms with Crippen LogP contribution in [0.5, 0.6) is 0 Å². The quantitative estimate of drug-likeness (QED) is 0.724. The molecule has 1 aromatic rings. The van der Waals surface area contributed by atoms with Crippen LogP contribution in [0, 0.1) is 0 Å². The molecule has 3 rings (SSSR count). The second-order valence-corrected chi connectivity index (χ2v) is 6.39. The van der Waals surface area contributed by atoms with Crippen LogP contribution in [-0.2, 0) is 19.1 Å². The number of nitrogens with zero attached hydrogens (tertiary/aromatic N) is 1. The molecule has 1 fully saturated rings. The van der Waals surface area contributed by atoms with E-state index in [9.17, 15) is 14.4 Å². The van der Waals surface area contributed by atoms with E-state index in [0.717, 1.165) is 11.1 Å². The summed E-state index contributed by atoms with van der Waals surface area (Å²) in [6, 6.07) is 6.79. The Kier molecular flexibility index (Phi) is 5.75. The SMILES string of the molecule is CCOC(=O)[C@@H]1C=C(c2ccc(N3C(=O)OCC3CNC(C)=O)cc2)CN1. The van der Waals surface area contributed by atoms with Crippen molar-refractivity contribution in [1.82, 2.24) is 10.6 Å². The smallest absolute Gasteiger partial charge is 0.414 e. The first-order valence-electron chi connectivity index (χ1n) is 8.91. The van der Waals surface area contributed by atoms with E-state index in [1.165, 1.54) is 6.92 Å². The predicted octanol–water partition coefficient (Wildman–Crippen LogP) is 1.07. The van der Waals surface area contributed by atoms with E-state index in [0.29, 0.717) is 25.4 Å². The summed E-state index contributed by atoms with van der Waals surface area (Å²) in [5.41, 5.74) is 2.66. The van der Waals surface area contributed by atoms with Crippen LogP contribution >= 0.6 is 0 Å². The highest BCUT2D eigenvalue weighted by Gasteiger charge is 2.34. The number of ether oxygens (including phenoxy) is 2. The zero-order valence-electron chi connectivity index (χ0n) is 15.4. The second-order valence-electron chi connectivity index (χ2n) is 6.39. The zero-order chi connectivity index (χ0) is 19.4. The van der Waals surface area contributed by atoms with Crippen LogP contribution in [0.2, 0.25) is 0 Å². The van der Waals surface area contributed by atoms with Gasteiger partial charge in [0.2, 0.25) is 5.91 Å². The summed E-state index contributed by atoms with van der Waals surface area (Å²) in [7, 11) is 0. The highest BCUT2D eigenvalue weighted by atomic mass is 16.6. The van der Waals surface area contributed by atoms with Crippen molar-refractivity contribution in [3.05, 3.63) is 35.9 Å². The van der Waals surface area contributed by atoms with Crippen LogP contribution in [0.25, 0.3) is 5.57 Å². The van der Waals surface area contributed by atoms with E-state index in [1.807, 2.05) is 30.3 Å². The van der Waals surface area contributed by atoms with Crippen molar-refractivity contribution in [2.45, 2.75) is 25.9 Å². The standard InChI is InChI=1S/C19H23N3O5/c1-3-26-18(24)17-8-14(9-21-17)13-4-6-15(7-5-13)22-16(10-20-12(2)23)11-27-19(22)25/h4-8,16-17,21H,3,9-11H2,1-2H3,(H,20,23)/t16?,17-/m0/s1. The van der Waals surface area contributed by atoms with Gasteiger partial charge in [0.05, 0.1) is 12.6 Å². The van der Waals surface area contributed by atoms with Crippen LogP contribution in [0.15, 0.2) is 30.3 Å². The van der Waals surface area contributed by atoms with Crippen molar-refractivity contribution in [2.75, 3.05) is 31.2 Å². The lowest BCUT2D eigenvalue weighted by Crippen LogP contribution is -2.42. The monoisotopic (exact) mass is 373 g/mol. The number of benzene rings is 1. The van der Waals surface area contributed by atoms with E-state index in [4.69, 9.17) is 9.47 Å². The lowest BCUT2D eigenvalue weighted by Gasteiger charge is -2.21. The molecule has 2 N–H and O–H groups in total. The van der Waals surface area contributed by atoms with Gasteiger partial charge in [-0.05, 0) is 30.2 Å². The Balaban J connectivity index is 1.71. The Morgan fingerprint density at radius 3 is 2.74 bits per heavy atom. The van der Waals surface area contributed by atoms with Gasteiger partial charge in [0.1, 0.15) is 12.6 Å². The highest BCUT2D eigenvalue weighted by Crippen LogP contribution is 2.26. The Morgan fingerprint density at radius 2 is 2.07 bits per heavy atom. The fraction of sp³-hybridized carbons (Fsp3) is 0.421. The molecule has 0 spiro atoms. The van der Waals surface area contributed by atoms with Gasteiger partial charge < -0.3 is 14.8 Å². The minimum Gasteiger partial charge on any atom is -0.465 e. The molecule has 8 nitrogen and oxygen atoms in total. The van der Waals surface area contributed by atoms with Crippen LogP contribution < -0.4 is 15.5 Å². The zero-order valence-corrected chi connectivity index (χ0v) is 15.4. The first-order chi connectivity index (χ1) is 13.0. The summed E-state index contributed by atoms with van der Waals surface area (Å²) in [4.78, 5) is 36.6. The van der Waals surface area contributed by atoms with Gasteiger partial charge in [-0.15, -0.1) is 0 Å². The molecule has 0 aliphatic carbocycles. The maximum absolute atomic E-state index is 12.1. The molecule has 1 saturated heterocycles. The Morgan fingerprint density at radius 1 is 1.33 bits per heavy atom. The summed E-state index contributed by atoms with van der Waals surface area (Å²) in [6.07, 6.45) is 1.43. The van der Waals surface area contributed by atoms with Crippen molar-refractivity contribution < 1.29 is 23.9 Å². The van der Waals surface area contributed by atoms with Gasteiger partial charge in [0.15, 0.2) is 0 Å². The number of amides is 2. The van der Waals surface area contributed by atoms with E-state index in [2.05, 4.69) is 10.6 Å². The fourth-order valence-electron chi connectivity index (χ4n) is 3.15. The molecule has 0 bridgehead atoms. The number of hydrogen-bond donors (Lipinski definition) is 2. The number of carbonyl (C=O) groups is 3. The number of nitrogens with one attached hydrogen (secondary N) is 2. The molecule has 27 heavy (non-hydrogen) atoms. The van der Waals surface area contributed by atoms with Gasteiger partial charge in [-0.2, -0.15) is 0 Å². The average molecular weight is 373 g/mol. The number of carbonyl (C=O) groups excluding carboxylic acids is 3. The molecule has 0 radical (unpaired) electrons. The molecule has 0 saturated carbocycles. The minimum atomic E-state index is -0.435. The average Bonchev–Trinajstić information content (AvgIpc) is 3.27. The van der Waals surface area contributed by atoms with Gasteiger partial charge in [0, 0.05) is 25.7 Å². The van der Waals surface area contributed by atoms with Crippen LogP contribution in [-0.4, -0.2) is 56.4 Å². The summed E-state index contributed by atoms with van der Waals surface area (Å²) in [5, 5.41) is 5.82. The molecule has 8 heteroatoms. The molecule has 144 valence electrons. The number of hydrogen-bond acceptors (Lipinski definition) is 6. The molecule has 1 unspecified atom stereocenters. The van der Waals surface area contributed by atoms with Crippen LogP contribution in [0.4, 0.5) is 10.5 Å². The predicted molar refractivity (Wildman–Crippen MR) is 99.1 cm³/mol. The minimum absolute atomic E-state index is 0.151. The molecule has 2 aliphatic rings. The van der Waals surface area contributed by atoms with Gasteiger partial charge >= 0.3 is 12.1 Å². The van der Waals surface area contributed by atoms with Gasteiger partial charge in [-0.25, -0.2) is 4.79 Å². The maximum atomic E-state index is 12.1. The van der Waals surface area contributed by atoms with Crippen LogP contribution in [0.3, 0.4) is 0 Å². The lowest BCUT2D eigenvalue weighted by atomic mass is 10.1. The molecular formula is C19H23N3O5. The van der Waals surface area contributed by atoms with Crippen molar-refractivity contribution in [2.24, 2.45) is 0 Å². The fourth-order valence-corrected chi connectivity index (χ4v) is 3.15. The van der Waals surface area contributed by atoms with E-state index in [1.54, 1.807) is 11.8 Å². The molecule has 2 amide bonds. The number of rotatable bonds is 6. The molecule has 0 aromatic heterocycles. The van der Waals surface area contributed by atoms with Gasteiger partial charge in [-0.3, -0.25) is 19.8 Å². The Labute approximate surface area is 157 Å². The number of esters is 1. The molecular weight excluding hydrogens is 350 g/mol. The summed E-state index contributed by atoms with van der Waals surface area (Å²) < 4.78 is 10.1. The number of cyclic esters (lactones) is 1. The molecule has 2 heterocycles. The lowest BCUT2D eigenvalue weighted by molar-refractivity contribution is -0.144. The van der Waals surface area contributed by atoms with E-state index in [-0.39, 0.29) is 24.5 Å². The second kappa shape index (κ2) is 8.22. The van der Waals surface area contributed by atoms with Crippen LogP contribution in [0.1, 0.15) is 19.4 Å². The first kappa shape index (κ1) is 18.9. The normalized spacial score (nSPS) is 21.6. The molecule has 1 aromatic carbocycles. The molecule has 2 aliphatic heterocycles. The van der Waals surface area contributed by atoms with Crippen molar-refractivity contribution >= 4 is 29.2 Å². The first-order valence-corrected chi connectivity index (χ1v) is 8.91. The largest absolute Gasteiger partial charge is 0.465 e. The summed E-state index contributed by atoms with van der Waals surface area (Å²) >= 11 is 0. The Hall–Kier alpha value is -2.87. The highest BCUT2D eigenvalue weighted by molar-refractivity contribution is 5.91. The summed E-state index contributed by atoms with van der Waals surface area (Å²) in [6.45, 7) is 4.69. The Bertz CT molecular complexity index is 759. The van der Waals surface area contributed by atoms with Crippen molar-refractivity contribution in [3.8, 4) is 0 Å². The van der Waals surface area contributed by atoms with Gasteiger partial charge in [0.25, 0.3) is 0 Å². The summed E-state index contributed by atoms with van der Waals surface area (Å²) in [5.74, 6) is -0.439. The molecule has 2 atom stereocenters. The topological polar surface area (TPSA) is 97.0 Å². The maximum Gasteiger partial charge on any atom is 0.414 e. The third-order valence-electron chi connectivity index (χ3n) is 4.48. The van der Waals surface area contributed by atoms with E-state index >= 15 is 0 Å². The van der Waals surface area contributed by atoms with Crippen molar-refractivity contribution in [3.63, 3.8) is 0 Å². The third-order valence-corrected chi connectivity index (χ3v) is 4.48. The van der Waals surface area contributed by atoms with E-state index < -0.39 is 12.1 Å². The van der Waals surface area contributed by atoms with Crippen molar-refractivity contribution in [1.29, 1.82) is 0 Å². The number of anilines is 1.